The van der Waals surface area contributed by atoms with Gasteiger partial charge in [-0.3, -0.25) is 5.32 Å². The van der Waals surface area contributed by atoms with E-state index in [4.69, 9.17) is 4.52 Å². The van der Waals surface area contributed by atoms with Gasteiger partial charge in [-0.15, -0.1) is 0 Å². The molecule has 1 fully saturated rings. The summed E-state index contributed by atoms with van der Waals surface area (Å²) >= 11 is 0. The highest BCUT2D eigenvalue weighted by Gasteiger charge is 2.28. The summed E-state index contributed by atoms with van der Waals surface area (Å²) < 4.78 is 5.36. The Morgan fingerprint density at radius 3 is 2.13 bits per heavy atom. The van der Waals surface area contributed by atoms with Crippen LogP contribution in [0.15, 0.2) is 65.2 Å². The molecule has 4 nitrogen and oxygen atoms in total. The first-order valence-electron chi connectivity index (χ1n) is 8.06. The van der Waals surface area contributed by atoms with Crippen LogP contribution in [0.5, 0.6) is 0 Å². The molecule has 0 unspecified atom stereocenters. The Hall–Kier alpha value is -2.46. The number of nitrogens with one attached hydrogen (secondary N) is 1. The van der Waals surface area contributed by atoms with Gasteiger partial charge >= 0.3 is 0 Å². The molecule has 1 N–H and O–H groups in total. The van der Waals surface area contributed by atoms with Crippen LogP contribution in [0.25, 0.3) is 0 Å². The van der Waals surface area contributed by atoms with Gasteiger partial charge in [-0.1, -0.05) is 65.8 Å². The topological polar surface area (TPSA) is 51.0 Å². The molecule has 1 aromatic heterocycles. The second-order valence-corrected chi connectivity index (χ2v) is 5.96. The molecule has 4 rings (SSSR count). The van der Waals surface area contributed by atoms with Crippen LogP contribution in [0, 0.1) is 0 Å². The van der Waals surface area contributed by atoms with E-state index in [9.17, 15) is 0 Å². The van der Waals surface area contributed by atoms with Gasteiger partial charge in [0.1, 0.15) is 0 Å². The minimum atomic E-state index is 0.105. The summed E-state index contributed by atoms with van der Waals surface area (Å²) in [5.74, 6) is 2.04. The van der Waals surface area contributed by atoms with E-state index in [1.807, 2.05) is 12.1 Å². The first-order chi connectivity index (χ1) is 11.4. The van der Waals surface area contributed by atoms with E-state index in [2.05, 4.69) is 64.0 Å². The van der Waals surface area contributed by atoms with Gasteiger partial charge in [-0.25, -0.2) is 0 Å². The summed E-state index contributed by atoms with van der Waals surface area (Å²) in [6.45, 7) is 0.564. The normalized spacial score (nSPS) is 14.3. The Morgan fingerprint density at radius 2 is 1.57 bits per heavy atom. The van der Waals surface area contributed by atoms with Gasteiger partial charge in [-0.05, 0) is 24.0 Å². The Morgan fingerprint density at radius 1 is 0.957 bits per heavy atom. The van der Waals surface area contributed by atoms with Crippen molar-refractivity contribution in [2.45, 2.75) is 31.3 Å². The lowest BCUT2D eigenvalue weighted by Gasteiger charge is -2.18. The SMILES string of the molecule is c1ccc(C(NCc2nc(C3CC3)no2)c2ccccc2)cc1. The van der Waals surface area contributed by atoms with E-state index >= 15 is 0 Å². The van der Waals surface area contributed by atoms with Crippen LogP contribution in [0.1, 0.15) is 47.6 Å². The second-order valence-electron chi connectivity index (χ2n) is 5.96. The zero-order valence-corrected chi connectivity index (χ0v) is 12.9. The van der Waals surface area contributed by atoms with Crippen molar-refractivity contribution in [3.05, 3.63) is 83.5 Å². The monoisotopic (exact) mass is 305 g/mol. The molecular weight excluding hydrogens is 286 g/mol. The van der Waals surface area contributed by atoms with Crippen molar-refractivity contribution in [1.82, 2.24) is 15.5 Å². The molecular formula is C19H19N3O. The van der Waals surface area contributed by atoms with Crippen molar-refractivity contribution in [3.63, 3.8) is 0 Å². The molecule has 116 valence electrons. The third kappa shape index (κ3) is 3.32. The van der Waals surface area contributed by atoms with E-state index in [-0.39, 0.29) is 6.04 Å². The third-order valence-corrected chi connectivity index (χ3v) is 4.15. The number of rotatable bonds is 6. The molecule has 0 amide bonds. The van der Waals surface area contributed by atoms with Gasteiger partial charge < -0.3 is 4.52 Å². The minimum Gasteiger partial charge on any atom is -0.338 e. The molecule has 23 heavy (non-hydrogen) atoms. The lowest BCUT2D eigenvalue weighted by molar-refractivity contribution is 0.358. The molecule has 0 atom stereocenters. The van der Waals surface area contributed by atoms with Gasteiger partial charge in [-0.2, -0.15) is 4.98 Å². The van der Waals surface area contributed by atoms with Crippen molar-refractivity contribution >= 4 is 0 Å². The number of nitrogens with zero attached hydrogens (tertiary/aromatic N) is 2. The second kappa shape index (κ2) is 6.34. The van der Waals surface area contributed by atoms with Gasteiger partial charge in [0.25, 0.3) is 0 Å². The zero-order chi connectivity index (χ0) is 15.5. The molecule has 1 heterocycles. The molecule has 0 aliphatic heterocycles. The fourth-order valence-corrected chi connectivity index (χ4v) is 2.76. The fraction of sp³-hybridized carbons (Fsp3) is 0.263. The largest absolute Gasteiger partial charge is 0.338 e. The lowest BCUT2D eigenvalue weighted by atomic mass is 9.99. The van der Waals surface area contributed by atoms with Crippen LogP contribution >= 0.6 is 0 Å². The molecule has 3 aromatic rings. The summed E-state index contributed by atoms with van der Waals surface area (Å²) in [7, 11) is 0. The highest BCUT2D eigenvalue weighted by Crippen LogP contribution is 2.38. The smallest absolute Gasteiger partial charge is 0.240 e. The average molecular weight is 305 g/mol. The first-order valence-corrected chi connectivity index (χ1v) is 8.06. The lowest BCUT2D eigenvalue weighted by Crippen LogP contribution is -2.22. The average Bonchev–Trinajstić information content (AvgIpc) is 3.36. The summed E-state index contributed by atoms with van der Waals surface area (Å²) in [6.07, 6.45) is 2.37. The van der Waals surface area contributed by atoms with E-state index in [1.165, 1.54) is 24.0 Å². The Kier molecular flexibility index (Phi) is 3.90. The molecule has 4 heteroatoms. The van der Waals surface area contributed by atoms with Crippen molar-refractivity contribution in [2.75, 3.05) is 0 Å². The maximum absolute atomic E-state index is 5.36. The van der Waals surface area contributed by atoms with Crippen molar-refractivity contribution in [1.29, 1.82) is 0 Å². The molecule has 0 radical (unpaired) electrons. The molecule has 0 saturated heterocycles. The van der Waals surface area contributed by atoms with Crippen LogP contribution in [0.2, 0.25) is 0 Å². The third-order valence-electron chi connectivity index (χ3n) is 4.15. The summed E-state index contributed by atoms with van der Waals surface area (Å²) in [5, 5.41) is 7.62. The predicted octanol–water partition coefficient (Wildman–Crippen LogP) is 3.83. The van der Waals surface area contributed by atoms with Crippen molar-refractivity contribution < 1.29 is 4.52 Å². The van der Waals surface area contributed by atoms with E-state index in [0.717, 1.165) is 5.82 Å². The number of hydrogen-bond acceptors (Lipinski definition) is 4. The Balaban J connectivity index is 1.53. The van der Waals surface area contributed by atoms with Gasteiger partial charge in [0.15, 0.2) is 5.82 Å². The molecule has 0 bridgehead atoms. The fourth-order valence-electron chi connectivity index (χ4n) is 2.76. The van der Waals surface area contributed by atoms with Crippen LogP contribution in [0.3, 0.4) is 0 Å². The highest BCUT2D eigenvalue weighted by atomic mass is 16.5. The van der Waals surface area contributed by atoms with Crippen LogP contribution in [0.4, 0.5) is 0 Å². The molecule has 0 spiro atoms. The van der Waals surface area contributed by atoms with Gasteiger partial charge in [0.05, 0.1) is 12.6 Å². The summed E-state index contributed by atoms with van der Waals surface area (Å²) in [4.78, 5) is 4.49. The number of hydrogen-bond donors (Lipinski definition) is 1. The standard InChI is InChI=1S/C19H19N3O/c1-3-7-14(8-4-1)18(15-9-5-2-6-10-15)20-13-17-21-19(22-23-17)16-11-12-16/h1-10,16,18,20H,11-13H2. The van der Waals surface area contributed by atoms with Gasteiger partial charge in [0.2, 0.25) is 5.89 Å². The predicted molar refractivity (Wildman–Crippen MR) is 87.8 cm³/mol. The molecule has 1 saturated carbocycles. The van der Waals surface area contributed by atoms with E-state index < -0.39 is 0 Å². The number of aromatic nitrogens is 2. The maximum atomic E-state index is 5.36. The molecule has 1 aliphatic carbocycles. The number of benzene rings is 2. The Bertz CT molecular complexity index is 711. The van der Waals surface area contributed by atoms with Crippen LogP contribution < -0.4 is 5.32 Å². The quantitative estimate of drug-likeness (QED) is 0.752. The Labute approximate surface area is 135 Å². The van der Waals surface area contributed by atoms with Crippen LogP contribution in [-0.4, -0.2) is 10.1 Å². The highest BCUT2D eigenvalue weighted by molar-refractivity contribution is 5.31. The van der Waals surface area contributed by atoms with Crippen LogP contribution in [-0.2, 0) is 6.54 Å². The summed E-state index contributed by atoms with van der Waals surface area (Å²) in [6, 6.07) is 20.9. The van der Waals surface area contributed by atoms with E-state index in [1.54, 1.807) is 0 Å². The van der Waals surface area contributed by atoms with Gasteiger partial charge in [0, 0.05) is 5.92 Å². The molecule has 1 aliphatic rings. The van der Waals surface area contributed by atoms with E-state index in [0.29, 0.717) is 18.4 Å². The summed E-state index contributed by atoms with van der Waals surface area (Å²) in [5.41, 5.74) is 2.45. The maximum Gasteiger partial charge on any atom is 0.240 e. The van der Waals surface area contributed by atoms with Crippen molar-refractivity contribution in [3.8, 4) is 0 Å². The molecule has 2 aromatic carbocycles. The minimum absolute atomic E-state index is 0.105. The van der Waals surface area contributed by atoms with Crippen molar-refractivity contribution in [2.24, 2.45) is 0 Å². The zero-order valence-electron chi connectivity index (χ0n) is 12.9. The first kappa shape index (κ1) is 14.2.